The van der Waals surface area contributed by atoms with Gasteiger partial charge in [0.25, 0.3) is 0 Å². The zero-order chi connectivity index (χ0) is 41.7. The highest BCUT2D eigenvalue weighted by molar-refractivity contribution is 6.32. The average molecular weight is 834 g/mol. The van der Waals surface area contributed by atoms with Crippen LogP contribution in [0.2, 0.25) is 10.0 Å². The maximum absolute atomic E-state index is 12.2. The highest BCUT2D eigenvalue weighted by Crippen LogP contribution is 2.21. The number of likely N-dealkylation sites (N-methyl/N-ethyl adjacent to an activating group) is 2. The van der Waals surface area contributed by atoms with E-state index in [1.54, 1.807) is 61.7 Å². The summed E-state index contributed by atoms with van der Waals surface area (Å²) < 4.78 is 4.18. The van der Waals surface area contributed by atoms with E-state index >= 15 is 0 Å². The van der Waals surface area contributed by atoms with E-state index in [-0.39, 0.29) is 11.6 Å². The van der Waals surface area contributed by atoms with Gasteiger partial charge >= 0.3 is 0 Å². The van der Waals surface area contributed by atoms with Crippen molar-refractivity contribution in [3.05, 3.63) is 137 Å². The zero-order valence-electron chi connectivity index (χ0n) is 33.2. The third-order valence-corrected chi connectivity index (χ3v) is 10.3. The Morgan fingerprint density at radius 2 is 1.05 bits per heavy atom. The Kier molecular flexibility index (Phi) is 14.9. The zero-order valence-corrected chi connectivity index (χ0v) is 34.7. The van der Waals surface area contributed by atoms with Gasteiger partial charge in [0, 0.05) is 77.1 Å². The number of hydrogen-bond acceptors (Lipinski definition) is 11. The Morgan fingerprint density at radius 3 is 1.49 bits per heavy atom. The van der Waals surface area contributed by atoms with Gasteiger partial charge in [0.1, 0.15) is 28.6 Å². The van der Waals surface area contributed by atoms with Gasteiger partial charge in [-0.25, -0.2) is 9.97 Å². The number of hydrogen-bond donors (Lipinski definition) is 0. The molecule has 59 heavy (non-hydrogen) atoms. The standard InChI is InChI=1S/C22H22ClN5O.C16H20N4O.C6H4ClNO/c1-26-12-14-27(15-13-26)22-6-2-5-21-25-17(16-28(21)22)7-8-18(29)9-10-20-19(23)4-3-11-24-20;1-13(21)6-7-14-12-20-15(17-14)4-3-5-16(20)19-10-8-18(2)9-11-19;7-5-2-1-3-8-6(5)4-9/h2-11,16H,12-15H2,1H3;3-7,12H,8-11H2,1-2H3;1-4H/b8-7+,10-9+;7-6+;. The second-order valence-electron chi connectivity index (χ2n) is 14.0. The molecule has 8 heterocycles. The molecular weight excluding hydrogens is 787 g/mol. The number of imidazole rings is 2. The largest absolute Gasteiger partial charge is 0.355 e. The van der Waals surface area contributed by atoms with Crippen LogP contribution in [0.1, 0.15) is 34.5 Å². The van der Waals surface area contributed by atoms with Crippen molar-refractivity contribution in [2.24, 2.45) is 0 Å². The van der Waals surface area contributed by atoms with Crippen molar-refractivity contribution < 1.29 is 14.4 Å². The Bertz CT molecular complexity index is 2480. The molecular formula is C44H46Cl2N10O3. The summed E-state index contributed by atoms with van der Waals surface area (Å²) in [5, 5.41) is 0.907. The molecule has 0 atom stereocenters. The second kappa shape index (κ2) is 20.6. The van der Waals surface area contributed by atoms with Gasteiger partial charge in [0.15, 0.2) is 17.9 Å². The molecule has 6 aromatic rings. The first kappa shape index (κ1) is 42.6. The van der Waals surface area contributed by atoms with Crippen LogP contribution >= 0.6 is 23.2 Å². The number of rotatable bonds is 9. The number of anilines is 2. The first-order valence-electron chi connectivity index (χ1n) is 19.2. The summed E-state index contributed by atoms with van der Waals surface area (Å²) in [6.45, 7) is 9.78. The molecule has 6 aromatic heterocycles. The summed E-state index contributed by atoms with van der Waals surface area (Å²) in [6, 6.07) is 19.0. The number of carbonyl (C=O) groups excluding carboxylic acids is 3. The first-order valence-corrected chi connectivity index (χ1v) is 19.9. The van der Waals surface area contributed by atoms with Crippen LogP contribution in [0.25, 0.3) is 29.5 Å². The summed E-state index contributed by atoms with van der Waals surface area (Å²) >= 11 is 11.6. The topological polar surface area (TPSA) is 125 Å². The van der Waals surface area contributed by atoms with E-state index in [9.17, 15) is 14.4 Å². The van der Waals surface area contributed by atoms with Crippen molar-refractivity contribution >= 4 is 82.2 Å². The number of piperazine rings is 2. The van der Waals surface area contributed by atoms with Crippen LogP contribution in [0.5, 0.6) is 0 Å². The number of aldehydes is 1. The fourth-order valence-electron chi connectivity index (χ4n) is 6.37. The van der Waals surface area contributed by atoms with Crippen LogP contribution in [-0.4, -0.2) is 123 Å². The number of pyridine rings is 4. The lowest BCUT2D eigenvalue weighted by molar-refractivity contribution is -0.112. The molecule has 0 amide bonds. The molecule has 0 aromatic carbocycles. The van der Waals surface area contributed by atoms with Crippen molar-refractivity contribution in [3.63, 3.8) is 0 Å². The SMILES string of the molecule is CC(=O)/C=C/c1cn2c(N3CCN(C)CC3)cccc2n1.CN1CCN(c2cccc3nc(/C=C/C(=O)/C=C/c4ncccc4Cl)cn23)CC1.O=Cc1ncccc1Cl. The number of carbonyl (C=O) groups is 3. The fourth-order valence-corrected chi connectivity index (χ4v) is 6.72. The molecule has 0 spiro atoms. The van der Waals surface area contributed by atoms with Crippen molar-refractivity contribution in [3.8, 4) is 0 Å². The molecule has 2 saturated heterocycles. The number of aromatic nitrogens is 6. The van der Waals surface area contributed by atoms with Gasteiger partial charge in [-0.2, -0.15) is 0 Å². The monoisotopic (exact) mass is 832 g/mol. The molecule has 0 saturated carbocycles. The van der Waals surface area contributed by atoms with Gasteiger partial charge in [0.2, 0.25) is 0 Å². The molecule has 304 valence electrons. The summed E-state index contributed by atoms with van der Waals surface area (Å²) in [6.07, 6.45) is 17.4. The quantitative estimate of drug-likeness (QED) is 0.115. The molecule has 13 nitrogen and oxygen atoms in total. The number of ketones is 2. The first-order chi connectivity index (χ1) is 28.6. The molecule has 2 aliphatic rings. The van der Waals surface area contributed by atoms with Crippen LogP contribution in [0.3, 0.4) is 0 Å². The molecule has 8 rings (SSSR count). The number of nitrogens with zero attached hydrogens (tertiary/aromatic N) is 10. The van der Waals surface area contributed by atoms with Crippen molar-refractivity contribution in [1.29, 1.82) is 0 Å². The van der Waals surface area contributed by atoms with Gasteiger partial charge in [-0.15, -0.1) is 0 Å². The predicted molar refractivity (Wildman–Crippen MR) is 236 cm³/mol. The van der Waals surface area contributed by atoms with Gasteiger partial charge < -0.3 is 19.6 Å². The predicted octanol–water partition coefficient (Wildman–Crippen LogP) is 6.67. The summed E-state index contributed by atoms with van der Waals surface area (Å²) in [7, 11) is 4.30. The van der Waals surface area contributed by atoms with Crippen molar-refractivity contribution in [2.75, 3.05) is 76.3 Å². The third-order valence-electron chi connectivity index (χ3n) is 9.63. The smallest absolute Gasteiger partial charge is 0.178 e. The fraction of sp³-hybridized carbons (Fsp3) is 0.250. The lowest BCUT2D eigenvalue weighted by Crippen LogP contribution is -2.45. The van der Waals surface area contributed by atoms with Crippen LogP contribution in [0.15, 0.2) is 104 Å². The minimum absolute atomic E-state index is 0.0337. The highest BCUT2D eigenvalue weighted by atomic mass is 35.5. The van der Waals surface area contributed by atoms with E-state index in [4.69, 9.17) is 23.2 Å². The van der Waals surface area contributed by atoms with E-state index in [1.165, 1.54) is 18.3 Å². The molecule has 2 aliphatic heterocycles. The lowest BCUT2D eigenvalue weighted by atomic mass is 10.2. The minimum atomic E-state index is -0.150. The van der Waals surface area contributed by atoms with Crippen LogP contribution in [-0.2, 0) is 9.59 Å². The van der Waals surface area contributed by atoms with E-state index in [1.807, 2.05) is 36.7 Å². The molecule has 2 fully saturated rings. The summed E-state index contributed by atoms with van der Waals surface area (Å²) in [4.78, 5) is 59.7. The van der Waals surface area contributed by atoms with Crippen LogP contribution in [0.4, 0.5) is 11.6 Å². The van der Waals surface area contributed by atoms with Crippen LogP contribution < -0.4 is 9.80 Å². The van der Waals surface area contributed by atoms with E-state index in [2.05, 4.69) is 74.6 Å². The Hall–Kier alpha value is -5.99. The number of allylic oxidation sites excluding steroid dienone is 3. The molecule has 0 N–H and O–H groups in total. The van der Waals surface area contributed by atoms with Gasteiger partial charge in [-0.3, -0.25) is 33.2 Å². The lowest BCUT2D eigenvalue weighted by Gasteiger charge is -2.34. The Balaban J connectivity index is 0.000000169. The van der Waals surface area contributed by atoms with Gasteiger partial charge in [-0.1, -0.05) is 35.3 Å². The normalized spacial score (nSPS) is 15.1. The van der Waals surface area contributed by atoms with Crippen LogP contribution in [0, 0.1) is 0 Å². The van der Waals surface area contributed by atoms with E-state index in [0.717, 1.165) is 86.7 Å². The van der Waals surface area contributed by atoms with Gasteiger partial charge in [-0.05, 0) is 106 Å². The maximum atomic E-state index is 12.2. The van der Waals surface area contributed by atoms with E-state index in [0.29, 0.717) is 27.7 Å². The Morgan fingerprint density at radius 1 is 0.593 bits per heavy atom. The third kappa shape index (κ3) is 11.8. The molecule has 0 radical (unpaired) electrons. The average Bonchev–Trinajstić information content (AvgIpc) is 3.87. The summed E-state index contributed by atoms with van der Waals surface area (Å²) in [5.74, 6) is 2.17. The second-order valence-corrected chi connectivity index (χ2v) is 14.8. The molecule has 0 bridgehead atoms. The number of halogens is 2. The molecule has 15 heteroatoms. The Labute approximate surface area is 353 Å². The molecule has 0 unspecified atom stereocenters. The molecule has 0 aliphatic carbocycles. The minimum Gasteiger partial charge on any atom is -0.355 e. The van der Waals surface area contributed by atoms with Crippen molar-refractivity contribution in [1.82, 2.24) is 38.5 Å². The maximum Gasteiger partial charge on any atom is 0.178 e. The number of fused-ring (bicyclic) bond motifs is 2. The van der Waals surface area contributed by atoms with Gasteiger partial charge in [0.05, 0.1) is 27.1 Å². The van der Waals surface area contributed by atoms with Crippen molar-refractivity contribution in [2.45, 2.75) is 6.92 Å². The summed E-state index contributed by atoms with van der Waals surface area (Å²) in [5.41, 5.74) is 4.19. The van der Waals surface area contributed by atoms with E-state index < -0.39 is 0 Å². The highest BCUT2D eigenvalue weighted by Gasteiger charge is 2.18.